The summed E-state index contributed by atoms with van der Waals surface area (Å²) >= 11 is 0. The van der Waals surface area contributed by atoms with Gasteiger partial charge in [0.1, 0.15) is 11.9 Å². The molecular formula is C11H15NO3. The first-order valence-electron chi connectivity index (χ1n) is 4.84. The number of nitrogens with two attached hydrogens (primary N) is 1. The van der Waals surface area contributed by atoms with Crippen molar-refractivity contribution in [2.75, 3.05) is 13.2 Å². The van der Waals surface area contributed by atoms with Crippen LogP contribution in [0.4, 0.5) is 0 Å². The number of Topliss-reactive ketones (excluding diaryl/α,β-unsaturated/α-hetero) is 1. The molecule has 0 spiro atoms. The van der Waals surface area contributed by atoms with Crippen molar-refractivity contribution in [2.45, 2.75) is 13.0 Å². The second-order valence-electron chi connectivity index (χ2n) is 3.07. The van der Waals surface area contributed by atoms with E-state index in [1.54, 1.807) is 24.3 Å². The van der Waals surface area contributed by atoms with Gasteiger partial charge in [0.2, 0.25) is 0 Å². The van der Waals surface area contributed by atoms with Crippen LogP contribution in [0.5, 0.6) is 5.75 Å². The quantitative estimate of drug-likeness (QED) is 0.696. The summed E-state index contributed by atoms with van der Waals surface area (Å²) in [6.07, 6.45) is -1.12. The van der Waals surface area contributed by atoms with Crippen molar-refractivity contribution in [3.8, 4) is 5.75 Å². The molecule has 0 aromatic heterocycles. The summed E-state index contributed by atoms with van der Waals surface area (Å²) in [7, 11) is 0. The monoisotopic (exact) mass is 209 g/mol. The third-order valence-corrected chi connectivity index (χ3v) is 1.98. The normalized spacial score (nSPS) is 12.2. The van der Waals surface area contributed by atoms with Gasteiger partial charge in [-0.3, -0.25) is 4.79 Å². The predicted molar refractivity (Wildman–Crippen MR) is 57.0 cm³/mol. The SMILES string of the molecule is CCOc1ccc(C(=O)C(O)CN)cc1. The Morgan fingerprint density at radius 1 is 1.47 bits per heavy atom. The van der Waals surface area contributed by atoms with Crippen molar-refractivity contribution in [3.63, 3.8) is 0 Å². The zero-order chi connectivity index (χ0) is 11.3. The molecule has 0 bridgehead atoms. The molecule has 15 heavy (non-hydrogen) atoms. The van der Waals surface area contributed by atoms with Crippen LogP contribution in [0.1, 0.15) is 17.3 Å². The summed E-state index contributed by atoms with van der Waals surface area (Å²) in [5.74, 6) is 0.344. The lowest BCUT2D eigenvalue weighted by Crippen LogP contribution is -2.29. The number of carbonyl (C=O) groups excluding carboxylic acids is 1. The molecule has 1 atom stereocenters. The Hall–Kier alpha value is -1.39. The summed E-state index contributed by atoms with van der Waals surface area (Å²) in [5.41, 5.74) is 5.63. The maximum absolute atomic E-state index is 11.5. The minimum absolute atomic E-state index is 0.0634. The minimum Gasteiger partial charge on any atom is -0.494 e. The summed E-state index contributed by atoms with van der Waals surface area (Å²) < 4.78 is 5.23. The van der Waals surface area contributed by atoms with Crippen LogP contribution in [0.25, 0.3) is 0 Å². The molecule has 3 N–H and O–H groups in total. The van der Waals surface area contributed by atoms with Crippen LogP contribution in [0, 0.1) is 0 Å². The van der Waals surface area contributed by atoms with E-state index in [9.17, 15) is 9.90 Å². The molecule has 0 saturated carbocycles. The number of hydrogen-bond donors (Lipinski definition) is 2. The molecular weight excluding hydrogens is 194 g/mol. The fourth-order valence-corrected chi connectivity index (χ4v) is 1.18. The Balaban J connectivity index is 2.75. The minimum atomic E-state index is -1.12. The third kappa shape index (κ3) is 3.04. The van der Waals surface area contributed by atoms with Crippen molar-refractivity contribution < 1.29 is 14.6 Å². The Bertz CT molecular complexity index is 321. The Labute approximate surface area is 88.7 Å². The summed E-state index contributed by atoms with van der Waals surface area (Å²) in [4.78, 5) is 11.5. The highest BCUT2D eigenvalue weighted by molar-refractivity contribution is 5.99. The first kappa shape index (κ1) is 11.7. The molecule has 0 aliphatic carbocycles. The number of ketones is 1. The fraction of sp³-hybridized carbons (Fsp3) is 0.364. The van der Waals surface area contributed by atoms with E-state index in [0.717, 1.165) is 0 Å². The van der Waals surface area contributed by atoms with Crippen molar-refractivity contribution >= 4 is 5.78 Å². The lowest BCUT2D eigenvalue weighted by Gasteiger charge is -2.07. The van der Waals surface area contributed by atoms with Gasteiger partial charge in [-0.2, -0.15) is 0 Å². The Morgan fingerprint density at radius 3 is 2.53 bits per heavy atom. The van der Waals surface area contributed by atoms with Gasteiger partial charge in [0.05, 0.1) is 6.61 Å². The predicted octanol–water partition coefficient (Wildman–Crippen LogP) is 0.588. The van der Waals surface area contributed by atoms with Crippen molar-refractivity contribution in [2.24, 2.45) is 5.73 Å². The number of benzene rings is 1. The Morgan fingerprint density at radius 2 is 2.07 bits per heavy atom. The topological polar surface area (TPSA) is 72.5 Å². The van der Waals surface area contributed by atoms with Crippen LogP contribution in [0.2, 0.25) is 0 Å². The van der Waals surface area contributed by atoms with Gasteiger partial charge in [-0.15, -0.1) is 0 Å². The summed E-state index contributed by atoms with van der Waals surface area (Å²) in [6, 6.07) is 6.62. The van der Waals surface area contributed by atoms with Gasteiger partial charge < -0.3 is 15.6 Å². The van der Waals surface area contributed by atoms with Gasteiger partial charge in [-0.1, -0.05) is 0 Å². The molecule has 0 aliphatic heterocycles. The van der Waals surface area contributed by atoms with E-state index in [4.69, 9.17) is 10.5 Å². The van der Waals surface area contributed by atoms with Gasteiger partial charge in [-0.05, 0) is 31.2 Å². The molecule has 1 aromatic rings. The number of carbonyl (C=O) groups is 1. The maximum atomic E-state index is 11.5. The molecule has 82 valence electrons. The van der Waals surface area contributed by atoms with Gasteiger partial charge in [-0.25, -0.2) is 0 Å². The van der Waals surface area contributed by atoms with Crippen LogP contribution in [0.3, 0.4) is 0 Å². The molecule has 1 unspecified atom stereocenters. The molecule has 0 heterocycles. The maximum Gasteiger partial charge on any atom is 0.192 e. The van der Waals surface area contributed by atoms with E-state index in [-0.39, 0.29) is 12.3 Å². The van der Waals surface area contributed by atoms with E-state index >= 15 is 0 Å². The number of hydrogen-bond acceptors (Lipinski definition) is 4. The van der Waals surface area contributed by atoms with E-state index < -0.39 is 6.10 Å². The largest absolute Gasteiger partial charge is 0.494 e. The lowest BCUT2D eigenvalue weighted by molar-refractivity contribution is 0.0763. The highest BCUT2D eigenvalue weighted by atomic mass is 16.5. The van der Waals surface area contributed by atoms with Crippen molar-refractivity contribution in [1.29, 1.82) is 0 Å². The average molecular weight is 209 g/mol. The lowest BCUT2D eigenvalue weighted by atomic mass is 10.1. The van der Waals surface area contributed by atoms with Crippen LogP contribution >= 0.6 is 0 Å². The molecule has 0 amide bonds. The second-order valence-corrected chi connectivity index (χ2v) is 3.07. The van der Waals surface area contributed by atoms with Gasteiger partial charge in [0.25, 0.3) is 0 Å². The molecule has 1 aromatic carbocycles. The summed E-state index contributed by atoms with van der Waals surface area (Å²) in [5, 5.41) is 9.25. The number of aliphatic hydroxyl groups is 1. The molecule has 1 rings (SSSR count). The highest BCUT2D eigenvalue weighted by Crippen LogP contribution is 2.13. The zero-order valence-corrected chi connectivity index (χ0v) is 8.64. The smallest absolute Gasteiger partial charge is 0.192 e. The van der Waals surface area contributed by atoms with Gasteiger partial charge >= 0.3 is 0 Å². The zero-order valence-electron chi connectivity index (χ0n) is 8.64. The van der Waals surface area contributed by atoms with E-state index in [2.05, 4.69) is 0 Å². The van der Waals surface area contributed by atoms with Crippen LogP contribution in [-0.2, 0) is 0 Å². The molecule has 4 heteroatoms. The molecule has 0 aliphatic rings. The fourth-order valence-electron chi connectivity index (χ4n) is 1.18. The number of ether oxygens (including phenoxy) is 1. The number of rotatable bonds is 5. The van der Waals surface area contributed by atoms with Crippen molar-refractivity contribution in [3.05, 3.63) is 29.8 Å². The van der Waals surface area contributed by atoms with E-state index in [0.29, 0.717) is 17.9 Å². The van der Waals surface area contributed by atoms with E-state index in [1.807, 2.05) is 6.92 Å². The first-order valence-corrected chi connectivity index (χ1v) is 4.84. The van der Waals surface area contributed by atoms with Gasteiger partial charge in [0, 0.05) is 12.1 Å². The molecule has 4 nitrogen and oxygen atoms in total. The van der Waals surface area contributed by atoms with Gasteiger partial charge in [0.15, 0.2) is 5.78 Å². The summed E-state index contributed by atoms with van der Waals surface area (Å²) in [6.45, 7) is 2.40. The second kappa shape index (κ2) is 5.48. The van der Waals surface area contributed by atoms with Crippen LogP contribution in [0.15, 0.2) is 24.3 Å². The van der Waals surface area contributed by atoms with Crippen molar-refractivity contribution in [1.82, 2.24) is 0 Å². The standard InChI is InChI=1S/C11H15NO3/c1-2-15-9-5-3-8(4-6-9)11(14)10(13)7-12/h3-6,10,13H,2,7,12H2,1H3. The van der Waals surface area contributed by atoms with Crippen LogP contribution in [-0.4, -0.2) is 30.1 Å². The Kier molecular flexibility index (Phi) is 4.27. The van der Waals surface area contributed by atoms with E-state index in [1.165, 1.54) is 0 Å². The molecule has 0 radical (unpaired) electrons. The molecule has 0 saturated heterocycles. The number of aliphatic hydroxyl groups excluding tert-OH is 1. The third-order valence-electron chi connectivity index (χ3n) is 1.98. The highest BCUT2D eigenvalue weighted by Gasteiger charge is 2.14. The van der Waals surface area contributed by atoms with Crippen LogP contribution < -0.4 is 10.5 Å². The molecule has 0 fully saturated rings. The first-order chi connectivity index (χ1) is 7.19. The average Bonchev–Trinajstić information content (AvgIpc) is 2.28.